The van der Waals surface area contributed by atoms with Crippen LogP contribution in [0.1, 0.15) is 46.7 Å². The van der Waals surface area contributed by atoms with Gasteiger partial charge in [0.25, 0.3) is 11.5 Å². The number of ether oxygens (including phenoxy) is 1. The van der Waals surface area contributed by atoms with Crippen molar-refractivity contribution in [2.75, 3.05) is 32.1 Å². The summed E-state index contributed by atoms with van der Waals surface area (Å²) < 4.78 is 20.0. The van der Waals surface area contributed by atoms with Crippen LogP contribution < -0.4 is 10.9 Å². The van der Waals surface area contributed by atoms with E-state index in [-0.39, 0.29) is 23.2 Å². The van der Waals surface area contributed by atoms with Crippen LogP contribution in [-0.2, 0) is 11.3 Å². The lowest BCUT2D eigenvalue weighted by Crippen LogP contribution is -2.39. The number of hydrogen-bond donors (Lipinski definition) is 1. The summed E-state index contributed by atoms with van der Waals surface area (Å²) in [5.74, 6) is -0.110. The van der Waals surface area contributed by atoms with E-state index in [1.54, 1.807) is 23.9 Å². The van der Waals surface area contributed by atoms with Crippen molar-refractivity contribution in [1.29, 1.82) is 0 Å². The first-order chi connectivity index (χ1) is 17.4. The molecule has 1 aromatic heterocycles. The largest absolute Gasteiger partial charge is 0.385 e. The molecule has 1 saturated heterocycles. The average Bonchev–Trinajstić information content (AvgIpc) is 2.88. The number of benzene rings is 2. The van der Waals surface area contributed by atoms with Crippen LogP contribution >= 0.6 is 11.6 Å². The van der Waals surface area contributed by atoms with E-state index in [9.17, 15) is 14.0 Å². The molecule has 4 rings (SSSR count). The lowest BCUT2D eigenvalue weighted by atomic mass is 9.89. The van der Waals surface area contributed by atoms with Gasteiger partial charge in [0.15, 0.2) is 0 Å². The molecule has 0 unspecified atom stereocenters. The summed E-state index contributed by atoms with van der Waals surface area (Å²) in [6.45, 7) is 4.08. The molecule has 1 amide bonds. The minimum atomic E-state index is -0.249. The maximum atomic E-state index is 13.7. The Morgan fingerprint density at radius 3 is 2.53 bits per heavy atom. The van der Waals surface area contributed by atoms with Crippen LogP contribution in [0.25, 0.3) is 0 Å². The zero-order chi connectivity index (χ0) is 25.7. The predicted octanol–water partition coefficient (Wildman–Crippen LogP) is 5.75. The smallest absolute Gasteiger partial charge is 0.257 e. The van der Waals surface area contributed by atoms with Gasteiger partial charge in [0.1, 0.15) is 5.82 Å². The molecule has 8 heteroatoms. The zero-order valence-electron chi connectivity index (χ0n) is 20.6. The van der Waals surface area contributed by atoms with Gasteiger partial charge >= 0.3 is 0 Å². The normalized spacial score (nSPS) is 14.2. The fraction of sp³-hybridized carbons (Fsp3) is 0.357. The minimum Gasteiger partial charge on any atom is -0.385 e. The summed E-state index contributed by atoms with van der Waals surface area (Å²) in [6, 6.07) is 13.6. The average molecular weight is 512 g/mol. The minimum absolute atomic E-state index is 0.140. The van der Waals surface area contributed by atoms with Crippen molar-refractivity contribution >= 4 is 28.9 Å². The van der Waals surface area contributed by atoms with Gasteiger partial charge in [0, 0.05) is 45.6 Å². The zero-order valence-corrected chi connectivity index (χ0v) is 21.4. The van der Waals surface area contributed by atoms with Crippen LogP contribution in [0.5, 0.6) is 0 Å². The fourth-order valence-electron chi connectivity index (χ4n) is 4.60. The van der Waals surface area contributed by atoms with Gasteiger partial charge in [0.05, 0.1) is 22.0 Å². The number of aromatic nitrogens is 1. The van der Waals surface area contributed by atoms with Crippen molar-refractivity contribution in [2.24, 2.45) is 0 Å². The number of nitrogens with zero attached hydrogens (tertiary/aromatic N) is 2. The number of nitrogens with one attached hydrogen (secondary N) is 1. The van der Waals surface area contributed by atoms with Crippen molar-refractivity contribution in [3.05, 3.63) is 92.6 Å². The van der Waals surface area contributed by atoms with Crippen LogP contribution in [-0.4, -0.2) is 42.2 Å². The number of aryl methyl sites for hydroxylation is 2. The molecule has 0 bridgehead atoms. The molecule has 0 spiro atoms. The van der Waals surface area contributed by atoms with Gasteiger partial charge in [-0.25, -0.2) is 4.39 Å². The molecule has 2 heterocycles. The third-order valence-corrected chi connectivity index (χ3v) is 6.95. The Morgan fingerprint density at radius 2 is 1.83 bits per heavy atom. The number of hydrogen-bond acceptors (Lipinski definition) is 4. The number of amides is 1. The highest BCUT2D eigenvalue weighted by Gasteiger charge is 2.27. The molecular formula is C28H31ClFN3O3. The first-order valence-corrected chi connectivity index (χ1v) is 12.5. The summed E-state index contributed by atoms with van der Waals surface area (Å²) in [6.07, 6.45) is 3.87. The number of likely N-dealkylation sites (tertiary alicyclic amines) is 1. The van der Waals surface area contributed by atoms with Gasteiger partial charge in [-0.05, 0) is 67.5 Å². The third kappa shape index (κ3) is 6.15. The standard InChI is InChI=1S/C28H31ClFN3O3/c1-19-4-9-24(29)26(16-19)31-25-17-27(34)33(12-3-15-36-2)18-23(25)28(35)32-13-10-21(11-14-32)20-5-7-22(30)8-6-20/h4-9,16-18,21,31H,3,10-15H2,1-2H3. The summed E-state index contributed by atoms with van der Waals surface area (Å²) in [7, 11) is 1.62. The van der Waals surface area contributed by atoms with Crippen molar-refractivity contribution in [3.8, 4) is 0 Å². The number of methoxy groups -OCH3 is 1. The second kappa shape index (κ2) is 11.7. The third-order valence-electron chi connectivity index (χ3n) is 6.62. The molecule has 1 aliphatic heterocycles. The lowest BCUT2D eigenvalue weighted by Gasteiger charge is -2.33. The molecule has 1 aliphatic rings. The van der Waals surface area contributed by atoms with Crippen LogP contribution in [0.4, 0.5) is 15.8 Å². The van der Waals surface area contributed by atoms with Crippen LogP contribution in [0.2, 0.25) is 5.02 Å². The monoisotopic (exact) mass is 511 g/mol. The number of halogens is 2. The Balaban J connectivity index is 1.59. The second-order valence-corrected chi connectivity index (χ2v) is 9.61. The molecule has 1 N–H and O–H groups in total. The number of piperidine rings is 1. The number of carbonyl (C=O) groups excluding carboxylic acids is 1. The summed E-state index contributed by atoms with van der Waals surface area (Å²) >= 11 is 6.39. The van der Waals surface area contributed by atoms with Gasteiger partial charge in [-0.3, -0.25) is 9.59 Å². The molecule has 0 aliphatic carbocycles. The van der Waals surface area contributed by atoms with E-state index in [1.807, 2.05) is 36.1 Å². The molecule has 0 saturated carbocycles. The first-order valence-electron chi connectivity index (χ1n) is 12.2. The lowest BCUT2D eigenvalue weighted by molar-refractivity contribution is 0.0713. The van der Waals surface area contributed by atoms with Gasteiger partial charge < -0.3 is 19.5 Å². The van der Waals surface area contributed by atoms with Crippen molar-refractivity contribution < 1.29 is 13.9 Å². The molecule has 0 atom stereocenters. The van der Waals surface area contributed by atoms with E-state index in [4.69, 9.17) is 16.3 Å². The first kappa shape index (κ1) is 25.9. The Hall–Kier alpha value is -3.16. The highest BCUT2D eigenvalue weighted by molar-refractivity contribution is 6.33. The Labute approximate surface area is 215 Å². The van der Waals surface area contributed by atoms with Crippen LogP contribution in [0.3, 0.4) is 0 Å². The van der Waals surface area contributed by atoms with Gasteiger partial charge in [-0.2, -0.15) is 0 Å². The molecule has 0 radical (unpaired) electrons. The number of carbonyl (C=O) groups is 1. The molecule has 6 nitrogen and oxygen atoms in total. The van der Waals surface area contributed by atoms with E-state index in [0.717, 1.165) is 24.0 Å². The molecule has 1 fully saturated rings. The highest BCUT2D eigenvalue weighted by atomic mass is 35.5. The summed E-state index contributed by atoms with van der Waals surface area (Å²) in [4.78, 5) is 28.4. The Bertz CT molecular complexity index is 1270. The Morgan fingerprint density at radius 1 is 1.11 bits per heavy atom. The SMILES string of the molecule is COCCCn1cc(C(=O)N2CCC(c3ccc(F)cc3)CC2)c(Nc2cc(C)ccc2Cl)cc1=O. The Kier molecular flexibility index (Phi) is 8.44. The highest BCUT2D eigenvalue weighted by Crippen LogP contribution is 2.31. The van der Waals surface area contributed by atoms with Crippen molar-refractivity contribution in [2.45, 2.75) is 38.6 Å². The number of anilines is 2. The van der Waals surface area contributed by atoms with Crippen molar-refractivity contribution in [1.82, 2.24) is 9.47 Å². The second-order valence-electron chi connectivity index (χ2n) is 9.21. The van der Waals surface area contributed by atoms with Crippen LogP contribution in [0.15, 0.2) is 59.5 Å². The molecule has 2 aromatic carbocycles. The number of pyridine rings is 1. The molecule has 3 aromatic rings. The summed E-state index contributed by atoms with van der Waals surface area (Å²) in [5, 5.41) is 3.73. The maximum absolute atomic E-state index is 13.7. The van der Waals surface area contributed by atoms with Gasteiger partial charge in [-0.15, -0.1) is 0 Å². The molecular weight excluding hydrogens is 481 g/mol. The van der Waals surface area contributed by atoms with E-state index < -0.39 is 0 Å². The van der Waals surface area contributed by atoms with E-state index in [2.05, 4.69) is 5.32 Å². The molecule has 190 valence electrons. The fourth-order valence-corrected chi connectivity index (χ4v) is 4.77. The van der Waals surface area contributed by atoms with Gasteiger partial charge in [-0.1, -0.05) is 29.8 Å². The van der Waals surface area contributed by atoms with Crippen molar-refractivity contribution in [3.63, 3.8) is 0 Å². The van der Waals surface area contributed by atoms with E-state index >= 15 is 0 Å². The quantitative estimate of drug-likeness (QED) is 0.391. The number of rotatable bonds is 8. The van der Waals surface area contributed by atoms with Gasteiger partial charge in [0.2, 0.25) is 0 Å². The summed E-state index contributed by atoms with van der Waals surface area (Å²) in [5.41, 5.74) is 3.38. The van der Waals surface area contributed by atoms with E-state index in [1.165, 1.54) is 18.2 Å². The predicted molar refractivity (Wildman–Crippen MR) is 141 cm³/mol. The van der Waals surface area contributed by atoms with E-state index in [0.29, 0.717) is 54.6 Å². The topological polar surface area (TPSA) is 63.6 Å². The molecule has 36 heavy (non-hydrogen) atoms. The maximum Gasteiger partial charge on any atom is 0.257 e. The van der Waals surface area contributed by atoms with Crippen LogP contribution in [0, 0.1) is 12.7 Å².